The number of carbonyl (C=O) groups is 1. The largest absolute Gasteiger partial charge is 0.352 e. The molecule has 0 radical (unpaired) electrons. The summed E-state index contributed by atoms with van der Waals surface area (Å²) in [6, 6.07) is 5.63. The molecule has 1 saturated heterocycles. The Morgan fingerprint density at radius 1 is 1.38 bits per heavy atom. The van der Waals surface area contributed by atoms with E-state index in [0.29, 0.717) is 11.3 Å². The quantitative estimate of drug-likeness (QED) is 0.571. The monoisotopic (exact) mass is 290 g/mol. The molecule has 0 aliphatic carbocycles. The zero-order chi connectivity index (χ0) is 15.2. The van der Waals surface area contributed by atoms with Crippen molar-refractivity contribution in [1.82, 2.24) is 10.2 Å². The first-order valence-electron chi connectivity index (χ1n) is 7.64. The lowest BCUT2D eigenvalue weighted by molar-refractivity contribution is 0.0949. The number of nitrogens with zero attached hydrogens (tertiary/aromatic N) is 1. The molecule has 0 spiro atoms. The number of nitrogens with one attached hydrogen (secondary N) is 2. The summed E-state index contributed by atoms with van der Waals surface area (Å²) in [4.78, 5) is 14.6. The third-order valence-electron chi connectivity index (χ3n) is 4.25. The maximum atomic E-state index is 12.3. The molecule has 0 aromatic heterocycles. The van der Waals surface area contributed by atoms with Gasteiger partial charge in [0.05, 0.1) is 11.3 Å². The highest BCUT2D eigenvalue weighted by Crippen LogP contribution is 2.19. The normalized spacial score (nSPS) is 16.7. The predicted molar refractivity (Wildman–Crippen MR) is 86.2 cm³/mol. The van der Waals surface area contributed by atoms with Gasteiger partial charge in [-0.2, -0.15) is 0 Å². The SMILES string of the molecule is Cc1ccc(NN)c(C(=O)NCCC2CCN(C)CC2)c1. The Morgan fingerprint density at radius 2 is 2.10 bits per heavy atom. The number of piperidine rings is 1. The first kappa shape index (κ1) is 15.8. The molecule has 5 nitrogen and oxygen atoms in total. The van der Waals surface area contributed by atoms with E-state index in [1.807, 2.05) is 25.1 Å². The Kier molecular flexibility index (Phi) is 5.59. The van der Waals surface area contributed by atoms with Gasteiger partial charge in [0.1, 0.15) is 0 Å². The van der Waals surface area contributed by atoms with E-state index in [9.17, 15) is 4.79 Å². The Morgan fingerprint density at radius 3 is 2.76 bits per heavy atom. The van der Waals surface area contributed by atoms with Crippen LogP contribution >= 0.6 is 0 Å². The standard InChI is InChI=1S/C16H26N4O/c1-12-3-4-15(19-17)14(11-12)16(21)18-8-5-13-6-9-20(2)10-7-13/h3-4,11,13,19H,5-10,17H2,1-2H3,(H,18,21). The van der Waals surface area contributed by atoms with Gasteiger partial charge in [-0.1, -0.05) is 11.6 Å². The lowest BCUT2D eigenvalue weighted by atomic mass is 9.94. The third kappa shape index (κ3) is 4.44. The van der Waals surface area contributed by atoms with Crippen molar-refractivity contribution >= 4 is 11.6 Å². The number of likely N-dealkylation sites (tertiary alicyclic amines) is 1. The molecule has 1 aliphatic rings. The van der Waals surface area contributed by atoms with Gasteiger partial charge in [0, 0.05) is 6.54 Å². The number of hydrazine groups is 1. The highest BCUT2D eigenvalue weighted by molar-refractivity contribution is 5.99. The van der Waals surface area contributed by atoms with Crippen molar-refractivity contribution < 1.29 is 4.79 Å². The van der Waals surface area contributed by atoms with Crippen molar-refractivity contribution in [3.8, 4) is 0 Å². The minimum Gasteiger partial charge on any atom is -0.352 e. The summed E-state index contributed by atoms with van der Waals surface area (Å²) in [7, 11) is 2.16. The van der Waals surface area contributed by atoms with Crippen LogP contribution in [0.5, 0.6) is 0 Å². The van der Waals surface area contributed by atoms with Gasteiger partial charge in [0.25, 0.3) is 5.91 Å². The van der Waals surface area contributed by atoms with Crippen LogP contribution in [0.25, 0.3) is 0 Å². The number of nitrogens with two attached hydrogens (primary N) is 1. The van der Waals surface area contributed by atoms with Crippen LogP contribution in [0, 0.1) is 12.8 Å². The number of aryl methyl sites for hydroxylation is 1. The van der Waals surface area contributed by atoms with Crippen LogP contribution < -0.4 is 16.6 Å². The predicted octanol–water partition coefficient (Wildman–Crippen LogP) is 1.74. The Hall–Kier alpha value is -1.59. The minimum atomic E-state index is -0.0559. The molecule has 2 rings (SSSR count). The summed E-state index contributed by atoms with van der Waals surface area (Å²) in [6.45, 7) is 5.02. The van der Waals surface area contributed by atoms with Crippen LogP contribution in [0.15, 0.2) is 18.2 Å². The van der Waals surface area contributed by atoms with E-state index in [0.717, 1.165) is 37.5 Å². The van der Waals surface area contributed by atoms with Gasteiger partial charge in [-0.05, 0) is 64.4 Å². The van der Waals surface area contributed by atoms with E-state index < -0.39 is 0 Å². The molecule has 1 amide bonds. The van der Waals surface area contributed by atoms with Crippen molar-refractivity contribution in [1.29, 1.82) is 0 Å². The molecule has 1 aromatic rings. The topological polar surface area (TPSA) is 70.4 Å². The summed E-state index contributed by atoms with van der Waals surface area (Å²) in [5.74, 6) is 6.13. The van der Waals surface area contributed by atoms with Gasteiger partial charge < -0.3 is 15.6 Å². The fraction of sp³-hybridized carbons (Fsp3) is 0.562. The van der Waals surface area contributed by atoms with Crippen LogP contribution in [0.2, 0.25) is 0 Å². The van der Waals surface area contributed by atoms with Gasteiger partial charge in [-0.15, -0.1) is 0 Å². The highest BCUT2D eigenvalue weighted by Gasteiger charge is 2.17. The van der Waals surface area contributed by atoms with Crippen molar-refractivity contribution in [2.45, 2.75) is 26.2 Å². The van der Waals surface area contributed by atoms with Gasteiger partial charge >= 0.3 is 0 Å². The first-order valence-corrected chi connectivity index (χ1v) is 7.64. The van der Waals surface area contributed by atoms with E-state index in [4.69, 9.17) is 5.84 Å². The fourth-order valence-electron chi connectivity index (χ4n) is 2.81. The average molecular weight is 290 g/mol. The zero-order valence-electron chi connectivity index (χ0n) is 13.0. The van der Waals surface area contributed by atoms with Crippen LogP contribution in [0.3, 0.4) is 0 Å². The van der Waals surface area contributed by atoms with Gasteiger partial charge in [0.15, 0.2) is 0 Å². The summed E-state index contributed by atoms with van der Waals surface area (Å²) in [5.41, 5.74) is 4.91. The van der Waals surface area contributed by atoms with Crippen LogP contribution in [0.1, 0.15) is 35.2 Å². The Bertz CT molecular complexity index is 481. The lowest BCUT2D eigenvalue weighted by Gasteiger charge is -2.28. The van der Waals surface area contributed by atoms with Gasteiger partial charge in [0.2, 0.25) is 0 Å². The van der Waals surface area contributed by atoms with Crippen molar-refractivity contribution in [3.63, 3.8) is 0 Å². The van der Waals surface area contributed by atoms with Crippen molar-refractivity contribution in [2.24, 2.45) is 11.8 Å². The number of hydrogen-bond donors (Lipinski definition) is 3. The summed E-state index contributed by atoms with van der Waals surface area (Å²) in [5, 5.41) is 3.01. The lowest BCUT2D eigenvalue weighted by Crippen LogP contribution is -2.33. The Balaban J connectivity index is 1.83. The van der Waals surface area contributed by atoms with E-state index in [-0.39, 0.29) is 5.91 Å². The molecule has 1 heterocycles. The summed E-state index contributed by atoms with van der Waals surface area (Å²) < 4.78 is 0. The molecule has 0 bridgehead atoms. The summed E-state index contributed by atoms with van der Waals surface area (Å²) in [6.07, 6.45) is 3.51. The molecule has 5 heteroatoms. The molecule has 1 aliphatic heterocycles. The van der Waals surface area contributed by atoms with Gasteiger partial charge in [-0.25, -0.2) is 0 Å². The molecular formula is C16H26N4O. The smallest absolute Gasteiger partial charge is 0.253 e. The zero-order valence-corrected chi connectivity index (χ0v) is 13.0. The molecule has 0 unspecified atom stereocenters. The maximum absolute atomic E-state index is 12.3. The number of anilines is 1. The summed E-state index contributed by atoms with van der Waals surface area (Å²) >= 11 is 0. The molecule has 21 heavy (non-hydrogen) atoms. The minimum absolute atomic E-state index is 0.0559. The fourth-order valence-corrected chi connectivity index (χ4v) is 2.81. The molecule has 1 fully saturated rings. The van der Waals surface area contributed by atoms with E-state index in [2.05, 4.69) is 22.7 Å². The number of nitrogen functional groups attached to an aromatic ring is 1. The molecule has 116 valence electrons. The number of carbonyl (C=O) groups excluding carboxylic acids is 1. The number of hydrogen-bond acceptors (Lipinski definition) is 4. The van der Waals surface area contributed by atoms with Crippen molar-refractivity contribution in [2.75, 3.05) is 32.1 Å². The number of benzene rings is 1. The van der Waals surface area contributed by atoms with Gasteiger partial charge in [-0.3, -0.25) is 10.6 Å². The van der Waals surface area contributed by atoms with E-state index in [1.165, 1.54) is 12.8 Å². The number of rotatable bonds is 5. The molecule has 0 saturated carbocycles. The second kappa shape index (κ2) is 7.43. The van der Waals surface area contributed by atoms with Crippen molar-refractivity contribution in [3.05, 3.63) is 29.3 Å². The highest BCUT2D eigenvalue weighted by atomic mass is 16.1. The van der Waals surface area contributed by atoms with Crippen LogP contribution in [-0.4, -0.2) is 37.5 Å². The molecular weight excluding hydrogens is 264 g/mol. The second-order valence-corrected chi connectivity index (χ2v) is 5.98. The average Bonchev–Trinajstić information content (AvgIpc) is 2.49. The van der Waals surface area contributed by atoms with Crippen LogP contribution in [0.4, 0.5) is 5.69 Å². The third-order valence-corrected chi connectivity index (χ3v) is 4.25. The number of amides is 1. The van der Waals surface area contributed by atoms with E-state index >= 15 is 0 Å². The molecule has 0 atom stereocenters. The Labute approximate surface area is 126 Å². The maximum Gasteiger partial charge on any atom is 0.253 e. The molecule has 4 N–H and O–H groups in total. The van der Waals surface area contributed by atoms with E-state index in [1.54, 1.807) is 0 Å². The van der Waals surface area contributed by atoms with Crippen LogP contribution in [-0.2, 0) is 0 Å². The molecule has 1 aromatic carbocycles. The first-order chi connectivity index (χ1) is 10.1. The second-order valence-electron chi connectivity index (χ2n) is 5.98.